The fourth-order valence-corrected chi connectivity index (χ4v) is 3.74. The molecule has 4 heterocycles. The van der Waals surface area contributed by atoms with Crippen molar-refractivity contribution in [2.24, 2.45) is 5.92 Å². The average molecular weight is 474 g/mol. The van der Waals surface area contributed by atoms with Crippen LogP contribution in [0.5, 0.6) is 0 Å². The highest BCUT2D eigenvalue weighted by atomic mass is 19.4. The standard InChI is InChI=1S/C23H25F3N6O2/c1-13(2)19(21(33)30-12-23(24,25)26)31-16-6-14(8-27-10-16)18-11-29-20-17(18)7-15(9-28-20)22(34)32-4-3-5-32/h6-11,13,19,31H,3-5,12H2,1-2H3,(H,28,29)(H,30,33). The molecule has 3 N–H and O–H groups in total. The van der Waals surface area contributed by atoms with Crippen LogP contribution in [0.3, 0.4) is 0 Å². The molecule has 11 heteroatoms. The van der Waals surface area contributed by atoms with Gasteiger partial charge >= 0.3 is 6.18 Å². The Hall–Kier alpha value is -3.63. The molecular weight excluding hydrogens is 449 g/mol. The van der Waals surface area contributed by atoms with Crippen molar-refractivity contribution in [1.82, 2.24) is 25.2 Å². The molecule has 1 atom stereocenters. The maximum Gasteiger partial charge on any atom is 0.405 e. The Bertz CT molecular complexity index is 1200. The number of hydrogen-bond donors (Lipinski definition) is 3. The Kier molecular flexibility index (Phi) is 6.45. The summed E-state index contributed by atoms with van der Waals surface area (Å²) < 4.78 is 37.5. The van der Waals surface area contributed by atoms with Crippen molar-refractivity contribution in [2.45, 2.75) is 32.5 Å². The van der Waals surface area contributed by atoms with Gasteiger partial charge in [-0.3, -0.25) is 14.6 Å². The molecule has 0 aromatic carbocycles. The first-order valence-corrected chi connectivity index (χ1v) is 11.0. The Balaban J connectivity index is 1.58. The molecule has 0 bridgehead atoms. The van der Waals surface area contributed by atoms with Gasteiger partial charge in [0.25, 0.3) is 5.91 Å². The van der Waals surface area contributed by atoms with Crippen molar-refractivity contribution in [3.05, 3.63) is 42.5 Å². The summed E-state index contributed by atoms with van der Waals surface area (Å²) in [6, 6.07) is 2.66. The van der Waals surface area contributed by atoms with Gasteiger partial charge in [-0.15, -0.1) is 0 Å². The van der Waals surface area contributed by atoms with E-state index in [2.05, 4.69) is 20.3 Å². The van der Waals surface area contributed by atoms with Crippen LogP contribution in [0.15, 0.2) is 36.9 Å². The van der Waals surface area contributed by atoms with Crippen molar-refractivity contribution in [2.75, 3.05) is 25.0 Å². The normalized spacial score (nSPS) is 14.7. The third-order valence-corrected chi connectivity index (χ3v) is 5.70. The number of aromatic amines is 1. The SMILES string of the molecule is CC(C)C(Nc1cncc(-c2c[nH]c3ncc(C(=O)N4CCC4)cc23)c1)C(=O)NCC(F)(F)F. The van der Waals surface area contributed by atoms with E-state index in [9.17, 15) is 22.8 Å². The summed E-state index contributed by atoms with van der Waals surface area (Å²) in [6.45, 7) is 3.56. The third-order valence-electron chi connectivity index (χ3n) is 5.70. The second-order valence-corrected chi connectivity index (χ2v) is 8.63. The van der Waals surface area contributed by atoms with Crippen LogP contribution in [-0.2, 0) is 4.79 Å². The molecular formula is C23H25F3N6O2. The zero-order valence-corrected chi connectivity index (χ0v) is 18.7. The molecule has 4 rings (SSSR count). The minimum atomic E-state index is -4.49. The first-order valence-electron chi connectivity index (χ1n) is 11.0. The number of carbonyl (C=O) groups is 2. The second kappa shape index (κ2) is 9.32. The van der Waals surface area contributed by atoms with Gasteiger partial charge in [-0.25, -0.2) is 4.98 Å². The molecule has 0 radical (unpaired) electrons. The van der Waals surface area contributed by atoms with E-state index < -0.39 is 24.7 Å². The van der Waals surface area contributed by atoms with Gasteiger partial charge in [-0.05, 0) is 24.5 Å². The Morgan fingerprint density at radius 3 is 2.59 bits per heavy atom. The van der Waals surface area contributed by atoms with Crippen LogP contribution < -0.4 is 10.6 Å². The number of rotatable bonds is 7. The van der Waals surface area contributed by atoms with Crippen LogP contribution in [0.25, 0.3) is 22.2 Å². The lowest BCUT2D eigenvalue weighted by Gasteiger charge is -2.30. The summed E-state index contributed by atoms with van der Waals surface area (Å²) in [7, 11) is 0. The van der Waals surface area contributed by atoms with Gasteiger partial charge < -0.3 is 20.5 Å². The van der Waals surface area contributed by atoms with E-state index in [1.54, 1.807) is 49.5 Å². The number of fused-ring (bicyclic) bond motifs is 1. The number of likely N-dealkylation sites (tertiary alicyclic amines) is 1. The number of pyridine rings is 2. The zero-order chi connectivity index (χ0) is 24.5. The van der Waals surface area contributed by atoms with E-state index in [-0.39, 0.29) is 11.8 Å². The molecule has 2 amide bonds. The second-order valence-electron chi connectivity index (χ2n) is 8.63. The first-order chi connectivity index (χ1) is 16.1. The van der Waals surface area contributed by atoms with Crippen molar-refractivity contribution in [1.29, 1.82) is 0 Å². The Labute approximate surface area is 194 Å². The number of alkyl halides is 3. The summed E-state index contributed by atoms with van der Waals surface area (Å²) in [5.74, 6) is -1.08. The van der Waals surface area contributed by atoms with Gasteiger partial charge in [-0.1, -0.05) is 13.8 Å². The first kappa shape index (κ1) is 23.5. The average Bonchev–Trinajstić information content (AvgIpc) is 3.17. The van der Waals surface area contributed by atoms with E-state index >= 15 is 0 Å². The highest BCUT2D eigenvalue weighted by Gasteiger charge is 2.30. The van der Waals surface area contributed by atoms with Gasteiger partial charge in [0.05, 0.1) is 11.3 Å². The van der Waals surface area contributed by atoms with Crippen LogP contribution in [0.4, 0.5) is 18.9 Å². The lowest BCUT2D eigenvalue weighted by molar-refractivity contribution is -0.139. The van der Waals surface area contributed by atoms with Gasteiger partial charge in [0.15, 0.2) is 0 Å². The molecule has 0 saturated carbocycles. The monoisotopic (exact) mass is 474 g/mol. The maximum atomic E-state index is 12.6. The number of H-pyrrole nitrogens is 1. The molecule has 0 aliphatic carbocycles. The molecule has 3 aromatic rings. The van der Waals surface area contributed by atoms with Crippen LogP contribution in [-0.4, -0.2) is 63.5 Å². The lowest BCUT2D eigenvalue weighted by Crippen LogP contribution is -2.46. The van der Waals surface area contributed by atoms with Gasteiger partial charge in [0.2, 0.25) is 5.91 Å². The van der Waals surface area contributed by atoms with Crippen LogP contribution in [0.1, 0.15) is 30.6 Å². The number of anilines is 1. The number of carbonyl (C=O) groups excluding carboxylic acids is 2. The molecule has 1 aliphatic rings. The number of nitrogens with one attached hydrogen (secondary N) is 3. The van der Waals surface area contributed by atoms with Crippen molar-refractivity contribution in [3.8, 4) is 11.1 Å². The quantitative estimate of drug-likeness (QED) is 0.486. The zero-order valence-electron chi connectivity index (χ0n) is 18.7. The summed E-state index contributed by atoms with van der Waals surface area (Å²) in [5, 5.41) is 5.67. The predicted molar refractivity (Wildman–Crippen MR) is 121 cm³/mol. The van der Waals surface area contributed by atoms with E-state index in [0.717, 1.165) is 30.5 Å². The fraction of sp³-hybridized carbons (Fsp3) is 0.391. The predicted octanol–water partition coefficient (Wildman–Crippen LogP) is 3.59. The number of halogens is 3. The van der Waals surface area contributed by atoms with Crippen molar-refractivity contribution >= 4 is 28.5 Å². The van der Waals surface area contributed by atoms with Crippen molar-refractivity contribution < 1.29 is 22.8 Å². The van der Waals surface area contributed by atoms with Gasteiger partial charge in [-0.2, -0.15) is 13.2 Å². The molecule has 8 nitrogen and oxygen atoms in total. The molecule has 0 spiro atoms. The molecule has 1 saturated heterocycles. The highest BCUT2D eigenvalue weighted by Crippen LogP contribution is 2.30. The van der Waals surface area contributed by atoms with Gasteiger partial charge in [0, 0.05) is 54.4 Å². The molecule has 3 aromatic heterocycles. The topological polar surface area (TPSA) is 103 Å². The van der Waals surface area contributed by atoms with Crippen molar-refractivity contribution in [3.63, 3.8) is 0 Å². The van der Waals surface area contributed by atoms with E-state index in [1.807, 2.05) is 5.32 Å². The summed E-state index contributed by atoms with van der Waals surface area (Å²) in [4.78, 5) is 38.4. The number of hydrogen-bond acceptors (Lipinski definition) is 5. The van der Waals surface area contributed by atoms with Crippen LogP contribution in [0.2, 0.25) is 0 Å². The van der Waals surface area contributed by atoms with E-state index in [4.69, 9.17) is 0 Å². The number of aromatic nitrogens is 3. The Morgan fingerprint density at radius 2 is 1.94 bits per heavy atom. The largest absolute Gasteiger partial charge is 0.405 e. The highest BCUT2D eigenvalue weighted by molar-refractivity contribution is 6.01. The summed E-state index contributed by atoms with van der Waals surface area (Å²) in [6.07, 6.45) is 2.94. The lowest BCUT2D eigenvalue weighted by atomic mass is 10.0. The number of nitrogens with zero attached hydrogens (tertiary/aromatic N) is 3. The fourth-order valence-electron chi connectivity index (χ4n) is 3.74. The molecule has 1 fully saturated rings. The molecule has 1 aliphatic heterocycles. The van der Waals surface area contributed by atoms with Gasteiger partial charge in [0.1, 0.15) is 18.2 Å². The Morgan fingerprint density at radius 1 is 1.18 bits per heavy atom. The third kappa shape index (κ3) is 5.13. The van der Waals surface area contributed by atoms with Crippen LogP contribution in [0, 0.1) is 5.92 Å². The van der Waals surface area contributed by atoms with E-state index in [1.165, 1.54) is 6.20 Å². The summed E-state index contributed by atoms with van der Waals surface area (Å²) >= 11 is 0. The minimum absolute atomic E-state index is 0.0639. The smallest absolute Gasteiger partial charge is 0.372 e. The molecule has 1 unspecified atom stereocenters. The minimum Gasteiger partial charge on any atom is -0.372 e. The molecule has 180 valence electrons. The number of amides is 2. The van der Waals surface area contributed by atoms with E-state index in [0.29, 0.717) is 22.5 Å². The summed E-state index contributed by atoms with van der Waals surface area (Å²) in [5.41, 5.74) is 3.05. The van der Waals surface area contributed by atoms with Crippen LogP contribution >= 0.6 is 0 Å². The molecule has 34 heavy (non-hydrogen) atoms. The maximum absolute atomic E-state index is 12.6.